The summed E-state index contributed by atoms with van der Waals surface area (Å²) in [6.07, 6.45) is 3.36. The smallest absolute Gasteiger partial charge is 0.263 e. The molecule has 100 valence electrons. The van der Waals surface area contributed by atoms with Gasteiger partial charge in [-0.05, 0) is 31.9 Å². The van der Waals surface area contributed by atoms with Crippen LogP contribution in [0.15, 0.2) is 0 Å². The largest absolute Gasteiger partial charge is 0.375 e. The molecule has 18 heavy (non-hydrogen) atoms. The van der Waals surface area contributed by atoms with E-state index in [1.165, 1.54) is 17.8 Å². The van der Waals surface area contributed by atoms with E-state index in [4.69, 9.17) is 5.73 Å². The molecule has 4 nitrogen and oxygen atoms in total. The van der Waals surface area contributed by atoms with Crippen molar-refractivity contribution in [3.8, 4) is 0 Å². The maximum Gasteiger partial charge on any atom is 0.263 e. The summed E-state index contributed by atoms with van der Waals surface area (Å²) in [5.74, 6) is 1.13. The molecule has 1 aliphatic rings. The van der Waals surface area contributed by atoms with Gasteiger partial charge in [0.25, 0.3) is 5.91 Å². The number of nitrogens with two attached hydrogens (primary N) is 1. The van der Waals surface area contributed by atoms with Crippen LogP contribution >= 0.6 is 23.1 Å². The number of aryl methyl sites for hydroxylation is 1. The Morgan fingerprint density at radius 1 is 1.61 bits per heavy atom. The summed E-state index contributed by atoms with van der Waals surface area (Å²) in [5, 5.41) is 4.26. The van der Waals surface area contributed by atoms with Crippen molar-refractivity contribution in [2.75, 3.05) is 11.5 Å². The van der Waals surface area contributed by atoms with Crippen LogP contribution in [0.4, 0.5) is 5.13 Å². The third-order valence-electron chi connectivity index (χ3n) is 3.14. The van der Waals surface area contributed by atoms with Crippen LogP contribution in [0.1, 0.15) is 41.6 Å². The second kappa shape index (κ2) is 5.93. The molecule has 2 rings (SSSR count). The Hall–Kier alpha value is -0.750. The highest BCUT2D eigenvalue weighted by atomic mass is 32.2. The Bertz CT molecular complexity index is 433. The van der Waals surface area contributed by atoms with Crippen LogP contribution in [-0.2, 0) is 0 Å². The Labute approximate surface area is 116 Å². The summed E-state index contributed by atoms with van der Waals surface area (Å²) >= 11 is 3.26. The van der Waals surface area contributed by atoms with Crippen LogP contribution in [0, 0.1) is 6.92 Å². The first-order valence-corrected chi connectivity index (χ1v) is 8.12. The fraction of sp³-hybridized carbons (Fsp3) is 0.667. The first-order valence-electron chi connectivity index (χ1n) is 6.25. The minimum Gasteiger partial charge on any atom is -0.375 e. The van der Waals surface area contributed by atoms with Crippen LogP contribution in [0.25, 0.3) is 0 Å². The van der Waals surface area contributed by atoms with E-state index in [1.807, 2.05) is 18.7 Å². The molecule has 1 saturated carbocycles. The van der Waals surface area contributed by atoms with E-state index >= 15 is 0 Å². The third kappa shape index (κ3) is 3.17. The first kappa shape index (κ1) is 13.7. The number of nitrogens with zero attached hydrogens (tertiary/aromatic N) is 1. The third-order valence-corrected chi connectivity index (χ3v) is 5.36. The summed E-state index contributed by atoms with van der Waals surface area (Å²) in [6, 6.07) is 0.310. The molecule has 1 heterocycles. The van der Waals surface area contributed by atoms with Crippen molar-refractivity contribution >= 4 is 34.1 Å². The molecule has 0 aliphatic heterocycles. The lowest BCUT2D eigenvalue weighted by atomic mass is 10.2. The Kier molecular flexibility index (Phi) is 4.50. The zero-order valence-electron chi connectivity index (χ0n) is 10.7. The van der Waals surface area contributed by atoms with Gasteiger partial charge in [0.2, 0.25) is 0 Å². The lowest BCUT2D eigenvalue weighted by molar-refractivity contribution is 0.0941. The second-order valence-corrected chi connectivity index (χ2v) is 7.14. The molecular weight excluding hydrogens is 266 g/mol. The van der Waals surface area contributed by atoms with E-state index < -0.39 is 0 Å². The van der Waals surface area contributed by atoms with Crippen LogP contribution in [-0.4, -0.2) is 27.9 Å². The SMILES string of the molecule is CCSC1CCC(NC(=O)c2sc(N)nc2C)C1. The highest BCUT2D eigenvalue weighted by molar-refractivity contribution is 7.99. The number of amides is 1. The van der Waals surface area contributed by atoms with Crippen LogP contribution < -0.4 is 11.1 Å². The van der Waals surface area contributed by atoms with Gasteiger partial charge in [-0.15, -0.1) is 0 Å². The zero-order valence-corrected chi connectivity index (χ0v) is 12.4. The van der Waals surface area contributed by atoms with Gasteiger partial charge in [-0.2, -0.15) is 11.8 Å². The Morgan fingerprint density at radius 3 is 3.00 bits per heavy atom. The number of carbonyl (C=O) groups is 1. The van der Waals surface area contributed by atoms with Crippen molar-refractivity contribution in [1.82, 2.24) is 10.3 Å². The number of hydrogen-bond donors (Lipinski definition) is 2. The summed E-state index contributed by atoms with van der Waals surface area (Å²) < 4.78 is 0. The number of nitrogens with one attached hydrogen (secondary N) is 1. The predicted molar refractivity (Wildman–Crippen MR) is 78.3 cm³/mol. The fourth-order valence-electron chi connectivity index (χ4n) is 2.34. The minimum absolute atomic E-state index is 0.0196. The molecule has 0 spiro atoms. The van der Waals surface area contributed by atoms with Gasteiger partial charge in [-0.25, -0.2) is 4.98 Å². The van der Waals surface area contributed by atoms with E-state index in [2.05, 4.69) is 17.2 Å². The molecule has 3 N–H and O–H groups in total. The van der Waals surface area contributed by atoms with Gasteiger partial charge in [-0.1, -0.05) is 18.3 Å². The topological polar surface area (TPSA) is 68.0 Å². The highest BCUT2D eigenvalue weighted by Crippen LogP contribution is 2.30. The standard InChI is InChI=1S/C12H19N3OS2/c1-3-17-9-5-4-8(6-9)15-11(16)10-7(2)14-12(13)18-10/h8-9H,3-6H2,1-2H3,(H2,13,14)(H,15,16). The lowest BCUT2D eigenvalue weighted by Crippen LogP contribution is -2.33. The normalized spacial score (nSPS) is 23.2. The molecule has 2 atom stereocenters. The van der Waals surface area contributed by atoms with E-state index in [0.29, 0.717) is 21.3 Å². The fourth-order valence-corrected chi connectivity index (χ4v) is 4.22. The number of hydrogen-bond acceptors (Lipinski definition) is 5. The molecule has 1 aromatic rings. The van der Waals surface area contributed by atoms with E-state index in [9.17, 15) is 4.79 Å². The molecule has 1 aromatic heterocycles. The van der Waals surface area contributed by atoms with Crippen LogP contribution in [0.5, 0.6) is 0 Å². The maximum atomic E-state index is 12.1. The van der Waals surface area contributed by atoms with Gasteiger partial charge >= 0.3 is 0 Å². The van der Waals surface area contributed by atoms with Crippen molar-refractivity contribution in [3.05, 3.63) is 10.6 Å². The first-order chi connectivity index (χ1) is 8.60. The van der Waals surface area contributed by atoms with Gasteiger partial charge in [-0.3, -0.25) is 4.79 Å². The molecule has 1 amide bonds. The molecule has 0 aromatic carbocycles. The van der Waals surface area contributed by atoms with Crippen molar-refractivity contribution in [2.45, 2.75) is 44.4 Å². The predicted octanol–water partition coefficient (Wildman–Crippen LogP) is 2.44. The summed E-state index contributed by atoms with van der Waals surface area (Å²) in [7, 11) is 0. The summed E-state index contributed by atoms with van der Waals surface area (Å²) in [6.45, 7) is 4.01. The monoisotopic (exact) mass is 285 g/mol. The number of anilines is 1. The number of aromatic nitrogens is 1. The van der Waals surface area contributed by atoms with Crippen LogP contribution in [0.3, 0.4) is 0 Å². The van der Waals surface area contributed by atoms with Gasteiger partial charge in [0.1, 0.15) is 4.88 Å². The Morgan fingerprint density at radius 2 is 2.39 bits per heavy atom. The number of thioether (sulfide) groups is 1. The Balaban J connectivity index is 1.91. The van der Waals surface area contributed by atoms with Gasteiger partial charge < -0.3 is 11.1 Å². The highest BCUT2D eigenvalue weighted by Gasteiger charge is 2.27. The van der Waals surface area contributed by atoms with Crippen molar-refractivity contribution in [2.24, 2.45) is 0 Å². The number of carbonyl (C=O) groups excluding carboxylic acids is 1. The second-order valence-electron chi connectivity index (χ2n) is 4.53. The molecule has 1 fully saturated rings. The number of rotatable bonds is 4. The summed E-state index contributed by atoms with van der Waals surface area (Å²) in [5.41, 5.74) is 6.34. The molecule has 2 unspecified atom stereocenters. The van der Waals surface area contributed by atoms with Gasteiger partial charge in [0.15, 0.2) is 5.13 Å². The number of nitrogen functional groups attached to an aromatic ring is 1. The minimum atomic E-state index is -0.0196. The molecule has 0 saturated heterocycles. The average molecular weight is 285 g/mol. The average Bonchev–Trinajstić information content (AvgIpc) is 2.86. The van der Waals surface area contributed by atoms with E-state index in [-0.39, 0.29) is 5.91 Å². The van der Waals surface area contributed by atoms with Crippen molar-refractivity contribution in [1.29, 1.82) is 0 Å². The zero-order chi connectivity index (χ0) is 13.1. The molecule has 0 radical (unpaired) electrons. The summed E-state index contributed by atoms with van der Waals surface area (Å²) in [4.78, 5) is 16.8. The van der Waals surface area contributed by atoms with Crippen LogP contribution in [0.2, 0.25) is 0 Å². The number of thiazole rings is 1. The lowest BCUT2D eigenvalue weighted by Gasteiger charge is -2.12. The van der Waals surface area contributed by atoms with E-state index in [1.54, 1.807) is 0 Å². The van der Waals surface area contributed by atoms with Gasteiger partial charge in [0.05, 0.1) is 5.69 Å². The van der Waals surface area contributed by atoms with Crippen molar-refractivity contribution < 1.29 is 4.79 Å². The van der Waals surface area contributed by atoms with Gasteiger partial charge in [0, 0.05) is 11.3 Å². The van der Waals surface area contributed by atoms with Crippen molar-refractivity contribution in [3.63, 3.8) is 0 Å². The quantitative estimate of drug-likeness (QED) is 0.891. The molecule has 1 aliphatic carbocycles. The molecule has 0 bridgehead atoms. The maximum absolute atomic E-state index is 12.1. The molecule has 6 heteroatoms. The van der Waals surface area contributed by atoms with E-state index in [0.717, 1.165) is 24.3 Å². The molecular formula is C12H19N3OS2.